The van der Waals surface area contributed by atoms with E-state index < -0.39 is 0 Å². The quantitative estimate of drug-likeness (QED) is 0.0850. The number of hydrogen-bond donors (Lipinski definition) is 1. The second-order valence-corrected chi connectivity index (χ2v) is 15.2. The Morgan fingerprint density at radius 2 is 1.22 bits per heavy atom. The molecule has 0 aromatic carbocycles. The monoisotopic (exact) mass is 604 g/mol. The normalized spacial score (nSPS) is 13.6. The molecule has 5 nitrogen and oxygen atoms in total. The van der Waals surface area contributed by atoms with E-state index in [-0.39, 0.29) is 22.5 Å². The number of allylic oxidation sites excluding steroid dienone is 3. The average molecular weight is 605 g/mol. The Morgan fingerprint density at radius 1 is 0.756 bits per heavy atom. The molecule has 0 aliphatic rings. The Bertz CT molecular complexity index is 895. The molecule has 0 saturated heterocycles. The van der Waals surface area contributed by atoms with Crippen molar-refractivity contribution in [3.8, 4) is 0 Å². The average Bonchev–Trinajstić information content (AvgIpc) is 2.89. The first kappa shape index (κ1) is 37.7. The molecule has 0 aliphatic heterocycles. The van der Waals surface area contributed by atoms with Gasteiger partial charge in [-0.1, -0.05) is 155 Å². The Hall–Kier alpha value is -1.34. The van der Waals surface area contributed by atoms with Crippen molar-refractivity contribution in [2.75, 3.05) is 16.8 Å². The molecular formula is C34H60N4OS2. The first-order valence-corrected chi connectivity index (χ1v) is 18.1. The van der Waals surface area contributed by atoms with Crippen LogP contribution in [0.25, 0.3) is 0 Å². The minimum Gasteiger partial charge on any atom is -0.331 e. The number of thioether (sulfide) groups is 2. The molecule has 1 heterocycles. The molecule has 1 rings (SSSR count). The van der Waals surface area contributed by atoms with Crippen molar-refractivity contribution in [2.45, 2.75) is 150 Å². The number of anilines is 1. The van der Waals surface area contributed by atoms with Crippen molar-refractivity contribution in [1.82, 2.24) is 15.0 Å². The lowest BCUT2D eigenvalue weighted by Gasteiger charge is -2.31. The summed E-state index contributed by atoms with van der Waals surface area (Å²) in [7, 11) is 0. The van der Waals surface area contributed by atoms with Gasteiger partial charge in [-0.25, -0.2) is 0 Å². The van der Waals surface area contributed by atoms with Gasteiger partial charge in [0.25, 0.3) is 0 Å². The molecule has 0 radical (unpaired) electrons. The van der Waals surface area contributed by atoms with Crippen LogP contribution in [0.2, 0.25) is 0 Å². The topological polar surface area (TPSA) is 67.8 Å². The first-order chi connectivity index (χ1) is 19.4. The van der Waals surface area contributed by atoms with E-state index in [4.69, 9.17) is 15.0 Å². The van der Waals surface area contributed by atoms with Crippen LogP contribution in [0.15, 0.2) is 34.2 Å². The van der Waals surface area contributed by atoms with Crippen molar-refractivity contribution in [3.05, 3.63) is 23.9 Å². The van der Waals surface area contributed by atoms with E-state index in [1.54, 1.807) is 23.5 Å². The zero-order valence-electron chi connectivity index (χ0n) is 27.8. The maximum Gasteiger partial charge on any atom is 0.231 e. The van der Waals surface area contributed by atoms with Gasteiger partial charge in [0.2, 0.25) is 5.95 Å². The van der Waals surface area contributed by atoms with Crippen LogP contribution in [-0.4, -0.2) is 32.2 Å². The maximum atomic E-state index is 13.6. The highest BCUT2D eigenvalue weighted by Gasteiger charge is 2.34. The molecule has 0 amide bonds. The molecular weight excluding hydrogens is 545 g/mol. The highest BCUT2D eigenvalue weighted by Crippen LogP contribution is 2.35. The second kappa shape index (κ2) is 20.5. The molecule has 1 aromatic heterocycles. The van der Waals surface area contributed by atoms with Crippen molar-refractivity contribution in [1.29, 1.82) is 0 Å². The van der Waals surface area contributed by atoms with E-state index in [2.05, 4.69) is 60.7 Å². The lowest BCUT2D eigenvalue weighted by molar-refractivity contribution is -0.121. The third-order valence-corrected chi connectivity index (χ3v) is 9.00. The van der Waals surface area contributed by atoms with Crippen molar-refractivity contribution in [3.63, 3.8) is 0 Å². The van der Waals surface area contributed by atoms with Gasteiger partial charge < -0.3 is 5.32 Å². The fraction of sp³-hybridized carbons (Fsp3) is 0.765. The van der Waals surface area contributed by atoms with Crippen LogP contribution < -0.4 is 5.32 Å². The molecule has 0 aliphatic carbocycles. The minimum absolute atomic E-state index is 0.173. The van der Waals surface area contributed by atoms with Gasteiger partial charge in [-0.05, 0) is 36.2 Å². The SMILES string of the molecule is C/C=C(\C(=O)C(/C=C/Nc1nc(SCCCCCCCC)nc(SCCCCCCCC)n1)C(C)(C)C)C(C)(C)C. The highest BCUT2D eigenvalue weighted by molar-refractivity contribution is 7.99. The minimum atomic E-state index is -0.259. The van der Waals surface area contributed by atoms with Gasteiger partial charge in [0.1, 0.15) is 0 Å². The number of Topliss-reactive ketones (excluding diaryl/α,β-unsaturated/α-hetero) is 1. The number of ketones is 1. The van der Waals surface area contributed by atoms with E-state index in [1.165, 1.54) is 77.0 Å². The Morgan fingerprint density at radius 3 is 1.63 bits per heavy atom. The maximum absolute atomic E-state index is 13.6. The molecule has 1 unspecified atom stereocenters. The highest BCUT2D eigenvalue weighted by atomic mass is 32.2. The number of carbonyl (C=O) groups excluding carboxylic acids is 1. The standard InChI is InChI=1S/C34H60N4OS2/c1-10-13-15-17-19-21-25-40-31-36-30(37-32(38-31)41-26-22-20-18-16-14-11-2)35-24-23-28(34(7,8)9)29(39)27(12-3)33(4,5)6/h12,23-24,28H,10-11,13-22,25-26H2,1-9H3,(H,35,36,37,38)/b24-23+,27-12+. The Kier molecular flexibility index (Phi) is 18.9. The van der Waals surface area contributed by atoms with Crippen LogP contribution in [0.5, 0.6) is 0 Å². The van der Waals surface area contributed by atoms with Crippen molar-refractivity contribution < 1.29 is 4.79 Å². The summed E-state index contributed by atoms with van der Waals surface area (Å²) in [6.07, 6.45) is 21.2. The van der Waals surface area contributed by atoms with E-state index in [0.717, 1.165) is 27.4 Å². The fourth-order valence-electron chi connectivity index (χ4n) is 4.72. The van der Waals surface area contributed by atoms with Crippen LogP contribution in [0.4, 0.5) is 5.95 Å². The molecule has 1 atom stereocenters. The molecule has 41 heavy (non-hydrogen) atoms. The van der Waals surface area contributed by atoms with Crippen molar-refractivity contribution in [2.24, 2.45) is 16.7 Å². The lowest BCUT2D eigenvalue weighted by Crippen LogP contribution is -2.32. The second-order valence-electron chi connectivity index (χ2n) is 13.1. The molecule has 0 spiro atoms. The summed E-state index contributed by atoms with van der Waals surface area (Å²) >= 11 is 3.45. The third kappa shape index (κ3) is 16.2. The number of rotatable bonds is 21. The molecule has 7 heteroatoms. The van der Waals surface area contributed by atoms with Crippen LogP contribution in [0, 0.1) is 16.7 Å². The molecule has 234 valence electrons. The summed E-state index contributed by atoms with van der Waals surface area (Å²) in [5.74, 6) is 2.50. The summed E-state index contributed by atoms with van der Waals surface area (Å²) in [6, 6.07) is 0. The molecule has 1 N–H and O–H groups in total. The lowest BCUT2D eigenvalue weighted by atomic mass is 9.71. The fourth-order valence-corrected chi connectivity index (χ4v) is 6.45. The summed E-state index contributed by atoms with van der Waals surface area (Å²) in [5.41, 5.74) is 0.447. The van der Waals surface area contributed by atoms with Crippen LogP contribution in [0.1, 0.15) is 139 Å². The van der Waals surface area contributed by atoms with Gasteiger partial charge in [0.15, 0.2) is 16.1 Å². The number of carbonyl (C=O) groups is 1. The predicted molar refractivity (Wildman–Crippen MR) is 182 cm³/mol. The summed E-state index contributed by atoms with van der Waals surface area (Å²) in [6.45, 7) is 19.1. The van der Waals surface area contributed by atoms with Crippen molar-refractivity contribution >= 4 is 35.3 Å². The van der Waals surface area contributed by atoms with E-state index >= 15 is 0 Å². The van der Waals surface area contributed by atoms with Crippen LogP contribution >= 0.6 is 23.5 Å². The van der Waals surface area contributed by atoms with Gasteiger partial charge in [-0.15, -0.1) is 0 Å². The summed E-state index contributed by atoms with van der Waals surface area (Å²) in [5, 5.41) is 4.85. The molecule has 0 fully saturated rings. The predicted octanol–water partition coefficient (Wildman–Crippen LogP) is 10.9. The first-order valence-electron chi connectivity index (χ1n) is 16.1. The van der Waals surface area contributed by atoms with Gasteiger partial charge in [-0.3, -0.25) is 4.79 Å². The van der Waals surface area contributed by atoms with E-state index in [1.807, 2.05) is 25.3 Å². The van der Waals surface area contributed by atoms with Gasteiger partial charge >= 0.3 is 0 Å². The summed E-state index contributed by atoms with van der Waals surface area (Å²) < 4.78 is 0. The van der Waals surface area contributed by atoms with Gasteiger partial charge in [0, 0.05) is 23.6 Å². The zero-order valence-corrected chi connectivity index (χ0v) is 29.4. The third-order valence-electron chi connectivity index (χ3n) is 7.13. The van der Waals surface area contributed by atoms with E-state index in [0.29, 0.717) is 5.95 Å². The number of hydrogen-bond acceptors (Lipinski definition) is 7. The zero-order chi connectivity index (χ0) is 30.7. The molecule has 1 aromatic rings. The van der Waals surface area contributed by atoms with Gasteiger partial charge in [-0.2, -0.15) is 15.0 Å². The number of aromatic nitrogens is 3. The number of unbranched alkanes of at least 4 members (excludes halogenated alkanes) is 10. The Labute approximate surface area is 261 Å². The van der Waals surface area contributed by atoms with Crippen LogP contribution in [0.3, 0.4) is 0 Å². The van der Waals surface area contributed by atoms with Crippen LogP contribution in [-0.2, 0) is 4.79 Å². The largest absolute Gasteiger partial charge is 0.331 e. The molecule has 0 bridgehead atoms. The summed E-state index contributed by atoms with van der Waals surface area (Å²) in [4.78, 5) is 27.8. The molecule has 0 saturated carbocycles. The smallest absolute Gasteiger partial charge is 0.231 e. The Balaban J connectivity index is 2.97. The number of nitrogens with zero attached hydrogens (tertiary/aromatic N) is 3. The van der Waals surface area contributed by atoms with Gasteiger partial charge in [0.05, 0.1) is 0 Å². The van der Waals surface area contributed by atoms with E-state index in [9.17, 15) is 4.79 Å². The number of nitrogens with one attached hydrogen (secondary N) is 1.